The summed E-state index contributed by atoms with van der Waals surface area (Å²) >= 11 is 6.01. The van der Waals surface area contributed by atoms with Gasteiger partial charge >= 0.3 is 0 Å². The lowest BCUT2D eigenvalue weighted by molar-refractivity contribution is -0.0712. The molecule has 1 N–H and O–H groups in total. The zero-order chi connectivity index (χ0) is 32.4. The Bertz CT molecular complexity index is 2000. The third-order valence-electron chi connectivity index (χ3n) is 10.2. The van der Waals surface area contributed by atoms with Crippen LogP contribution >= 0.6 is 11.6 Å². The first-order chi connectivity index (χ1) is 23.4. The molecule has 10 nitrogen and oxygen atoms in total. The van der Waals surface area contributed by atoms with E-state index in [1.54, 1.807) is 19.1 Å². The topological polar surface area (TPSA) is 99.6 Å². The van der Waals surface area contributed by atoms with Crippen molar-refractivity contribution in [2.24, 2.45) is 0 Å². The molecule has 6 heterocycles. The van der Waals surface area contributed by atoms with Gasteiger partial charge in [0.15, 0.2) is 17.3 Å². The molecule has 3 fully saturated rings. The van der Waals surface area contributed by atoms with Gasteiger partial charge in [-0.2, -0.15) is 5.10 Å². The lowest BCUT2D eigenvalue weighted by Gasteiger charge is -2.33. The molecule has 48 heavy (non-hydrogen) atoms. The standard InChI is InChI=1S/C36H36ClFN6O4/c1-36(27-7-6-24(37)16-28(27)38)47-31-4-2-3-26(33(31)48-36)21-9-12-43(13-10-21)18-32-39-29-15-22(34-40-35(42-41-34)23-19-45-20-23)5-8-30(29)44(32)17-25-11-14-46-25/h2-8,15-16,21,23,25H,9-14,17-20H2,1H3,(H,40,41,42)/t25-,36?/m0/s1. The molecule has 1 unspecified atom stereocenters. The molecule has 0 amide bonds. The zero-order valence-corrected chi connectivity index (χ0v) is 27.4. The number of likely N-dealkylation sites (tertiary alicyclic amines) is 1. The fourth-order valence-electron chi connectivity index (χ4n) is 7.29. The Labute approximate surface area is 282 Å². The summed E-state index contributed by atoms with van der Waals surface area (Å²) in [5.41, 5.74) is 4.40. The molecule has 3 saturated heterocycles. The van der Waals surface area contributed by atoms with E-state index in [4.69, 9.17) is 40.5 Å². The summed E-state index contributed by atoms with van der Waals surface area (Å²) < 4.78 is 41.0. The predicted octanol–water partition coefficient (Wildman–Crippen LogP) is 6.54. The van der Waals surface area contributed by atoms with Crippen molar-refractivity contribution in [2.75, 3.05) is 32.9 Å². The molecule has 0 radical (unpaired) electrons. The van der Waals surface area contributed by atoms with Crippen LogP contribution in [0, 0.1) is 5.82 Å². The number of rotatable bonds is 8. The van der Waals surface area contributed by atoms with E-state index >= 15 is 0 Å². The molecule has 0 bridgehead atoms. The van der Waals surface area contributed by atoms with Gasteiger partial charge in [0, 0.05) is 29.7 Å². The summed E-state index contributed by atoms with van der Waals surface area (Å²) in [6.45, 7) is 7.29. The first kappa shape index (κ1) is 30.1. The average Bonchev–Trinajstić information content (AvgIpc) is 3.73. The number of nitrogens with one attached hydrogen (secondary N) is 1. The zero-order valence-electron chi connectivity index (χ0n) is 26.6. The summed E-state index contributed by atoms with van der Waals surface area (Å²) in [4.78, 5) is 12.4. The van der Waals surface area contributed by atoms with Crippen LogP contribution in [0.25, 0.3) is 22.4 Å². The maximum atomic E-state index is 14.9. The van der Waals surface area contributed by atoms with Crippen molar-refractivity contribution >= 4 is 22.6 Å². The Morgan fingerprint density at radius 2 is 1.85 bits per heavy atom. The van der Waals surface area contributed by atoms with Gasteiger partial charge in [-0.25, -0.2) is 14.4 Å². The van der Waals surface area contributed by atoms with E-state index in [1.807, 2.05) is 12.1 Å². The Hall–Kier alpha value is -4.03. The molecule has 2 atom stereocenters. The van der Waals surface area contributed by atoms with Crippen LogP contribution in [0.4, 0.5) is 4.39 Å². The number of piperidine rings is 1. The number of benzene rings is 3. The Balaban J connectivity index is 0.922. The van der Waals surface area contributed by atoms with E-state index in [-0.39, 0.29) is 12.0 Å². The molecule has 4 aliphatic rings. The lowest BCUT2D eigenvalue weighted by Crippen LogP contribution is -2.35. The number of hydrogen-bond acceptors (Lipinski definition) is 8. The average molecular weight is 671 g/mol. The van der Waals surface area contributed by atoms with Crippen molar-refractivity contribution in [1.82, 2.24) is 29.6 Å². The van der Waals surface area contributed by atoms with E-state index < -0.39 is 11.6 Å². The Morgan fingerprint density at radius 3 is 2.60 bits per heavy atom. The number of H-pyrrole nitrogens is 1. The molecule has 0 saturated carbocycles. The summed E-state index contributed by atoms with van der Waals surface area (Å²) in [6.07, 6.45) is 3.19. The van der Waals surface area contributed by atoms with Gasteiger partial charge in [0.05, 0.1) is 54.9 Å². The monoisotopic (exact) mass is 670 g/mol. The molecule has 0 spiro atoms. The van der Waals surface area contributed by atoms with Gasteiger partial charge in [-0.05, 0) is 80.7 Å². The molecule has 0 aliphatic carbocycles. The molecular formula is C36H36ClFN6O4. The van der Waals surface area contributed by atoms with Gasteiger partial charge in [-0.15, -0.1) is 0 Å². The van der Waals surface area contributed by atoms with Crippen LogP contribution in [-0.4, -0.2) is 68.6 Å². The number of halogens is 2. The van der Waals surface area contributed by atoms with E-state index in [2.05, 4.69) is 43.9 Å². The van der Waals surface area contributed by atoms with E-state index in [1.165, 1.54) is 6.07 Å². The minimum Gasteiger partial charge on any atom is -0.444 e. The fraction of sp³-hybridized carbons (Fsp3) is 0.417. The van der Waals surface area contributed by atoms with Crippen molar-refractivity contribution < 1.29 is 23.3 Å². The molecule has 2 aromatic heterocycles. The highest BCUT2D eigenvalue weighted by atomic mass is 35.5. The van der Waals surface area contributed by atoms with Crippen molar-refractivity contribution in [2.45, 2.75) is 63.0 Å². The summed E-state index contributed by atoms with van der Waals surface area (Å²) in [7, 11) is 0. The van der Waals surface area contributed by atoms with E-state index in [9.17, 15) is 4.39 Å². The van der Waals surface area contributed by atoms with Crippen molar-refractivity contribution in [3.63, 3.8) is 0 Å². The quantitative estimate of drug-likeness (QED) is 0.199. The van der Waals surface area contributed by atoms with Gasteiger partial charge in [0.2, 0.25) is 0 Å². The second-order valence-corrected chi connectivity index (χ2v) is 13.8. The molecular weight excluding hydrogens is 635 g/mol. The molecule has 3 aromatic carbocycles. The highest BCUT2D eigenvalue weighted by Gasteiger charge is 2.43. The lowest BCUT2D eigenvalue weighted by atomic mass is 9.88. The fourth-order valence-corrected chi connectivity index (χ4v) is 7.45. The van der Waals surface area contributed by atoms with Crippen molar-refractivity contribution in [3.8, 4) is 22.9 Å². The number of para-hydroxylation sites is 1. The second kappa shape index (κ2) is 11.8. The van der Waals surface area contributed by atoms with Gasteiger partial charge in [0.1, 0.15) is 17.5 Å². The van der Waals surface area contributed by atoms with Crippen molar-refractivity contribution in [1.29, 1.82) is 0 Å². The number of imidazole rings is 1. The Kier molecular flexibility index (Phi) is 7.41. The highest BCUT2D eigenvalue weighted by Crippen LogP contribution is 2.50. The highest BCUT2D eigenvalue weighted by molar-refractivity contribution is 6.30. The SMILES string of the molecule is CC1(c2ccc(Cl)cc2F)Oc2cccc(C3CCN(Cc4nc5cc(-c6n[nH]c(C7COC7)n6)ccc5n4C[C@@H]4CCO4)CC3)c2O1. The minimum absolute atomic E-state index is 0.209. The van der Waals surface area contributed by atoms with Crippen LogP contribution in [0.2, 0.25) is 5.02 Å². The van der Waals surface area contributed by atoms with E-state index in [0.29, 0.717) is 47.0 Å². The Morgan fingerprint density at radius 1 is 1.00 bits per heavy atom. The summed E-state index contributed by atoms with van der Waals surface area (Å²) in [5.74, 6) is 2.79. The van der Waals surface area contributed by atoms with Crippen LogP contribution in [0.5, 0.6) is 11.5 Å². The van der Waals surface area contributed by atoms with Crippen LogP contribution in [0.3, 0.4) is 0 Å². The van der Waals surface area contributed by atoms with E-state index in [0.717, 1.165) is 85.9 Å². The maximum Gasteiger partial charge on any atom is 0.278 e. The maximum absolute atomic E-state index is 14.9. The van der Waals surface area contributed by atoms with Gasteiger partial charge in [-0.3, -0.25) is 10.00 Å². The summed E-state index contributed by atoms with van der Waals surface area (Å²) in [5, 5.41) is 7.90. The predicted molar refractivity (Wildman–Crippen MR) is 177 cm³/mol. The number of nitrogens with zero attached hydrogens (tertiary/aromatic N) is 5. The largest absolute Gasteiger partial charge is 0.444 e. The number of fused-ring (bicyclic) bond motifs is 2. The smallest absolute Gasteiger partial charge is 0.278 e. The van der Waals surface area contributed by atoms with Crippen LogP contribution in [-0.2, 0) is 28.4 Å². The third kappa shape index (κ3) is 5.33. The van der Waals surface area contributed by atoms with Crippen molar-refractivity contribution in [3.05, 3.63) is 88.2 Å². The third-order valence-corrected chi connectivity index (χ3v) is 10.5. The van der Waals surface area contributed by atoms with Gasteiger partial charge in [0.25, 0.3) is 5.79 Å². The number of hydrogen-bond donors (Lipinski definition) is 1. The van der Waals surface area contributed by atoms with Gasteiger partial charge in [-0.1, -0.05) is 23.7 Å². The van der Waals surface area contributed by atoms with Crippen LogP contribution in [0.15, 0.2) is 54.6 Å². The second-order valence-electron chi connectivity index (χ2n) is 13.4. The molecule has 5 aromatic rings. The number of aromatic amines is 1. The van der Waals surface area contributed by atoms with Crippen LogP contribution < -0.4 is 9.47 Å². The molecule has 12 heteroatoms. The first-order valence-corrected chi connectivity index (χ1v) is 17.1. The molecule has 4 aliphatic heterocycles. The van der Waals surface area contributed by atoms with Crippen LogP contribution in [0.1, 0.15) is 60.8 Å². The number of ether oxygens (including phenoxy) is 4. The first-order valence-electron chi connectivity index (χ1n) is 16.7. The minimum atomic E-state index is -1.27. The molecule has 9 rings (SSSR count). The number of aromatic nitrogens is 5. The van der Waals surface area contributed by atoms with Gasteiger partial charge < -0.3 is 23.5 Å². The molecule has 248 valence electrons. The summed E-state index contributed by atoms with van der Waals surface area (Å²) in [6, 6.07) is 16.9. The normalized spacial score (nSPS) is 23.0.